The fraction of sp³-hybridized carbons (Fsp3) is 1.00. The molecule has 0 heterocycles. The van der Waals surface area contributed by atoms with Gasteiger partial charge in [-0.15, -0.1) is 5.73 Å². The molecular weight excluding hydrogens is 146 g/mol. The van der Waals surface area contributed by atoms with Crippen molar-refractivity contribution in [3.8, 4) is 0 Å². The molecule has 0 spiro atoms. The lowest BCUT2D eigenvalue weighted by molar-refractivity contribution is 0.270. The van der Waals surface area contributed by atoms with Crippen molar-refractivity contribution in [3.63, 3.8) is 0 Å². The van der Waals surface area contributed by atoms with E-state index >= 15 is 0 Å². The van der Waals surface area contributed by atoms with Crippen molar-refractivity contribution in [1.29, 1.82) is 0 Å². The zero-order valence-corrected chi connectivity index (χ0v) is 7.89. The van der Waals surface area contributed by atoms with Crippen molar-refractivity contribution in [1.82, 2.24) is 5.73 Å². The predicted molar refractivity (Wildman–Crippen MR) is 49.9 cm³/mol. The van der Waals surface area contributed by atoms with Gasteiger partial charge in [-0.1, -0.05) is 32.1 Å². The van der Waals surface area contributed by atoms with Crippen LogP contribution in [-0.2, 0) is 0 Å². The summed E-state index contributed by atoms with van der Waals surface area (Å²) in [6.07, 6.45) is 11.3. The zero-order valence-electron chi connectivity index (χ0n) is 7.89. The molecule has 2 aliphatic rings. The topological polar surface area (TPSA) is 22.3 Å². The predicted octanol–water partition coefficient (Wildman–Crippen LogP) is 2.95. The summed E-state index contributed by atoms with van der Waals surface area (Å²) in [5, 5.41) is 0. The van der Waals surface area contributed by atoms with Crippen LogP contribution in [0.5, 0.6) is 0 Å². The van der Waals surface area contributed by atoms with Crippen LogP contribution in [0.15, 0.2) is 0 Å². The van der Waals surface area contributed by atoms with Crippen LogP contribution in [0, 0.1) is 5.92 Å². The quantitative estimate of drug-likeness (QED) is 0.570. The van der Waals surface area contributed by atoms with Crippen molar-refractivity contribution < 1.29 is 0 Å². The summed E-state index contributed by atoms with van der Waals surface area (Å²) >= 11 is 0. The van der Waals surface area contributed by atoms with Crippen molar-refractivity contribution in [2.24, 2.45) is 5.92 Å². The molecule has 0 aromatic rings. The van der Waals surface area contributed by atoms with E-state index in [1.165, 1.54) is 44.9 Å². The smallest absolute Gasteiger partial charge is 0.0571 e. The van der Waals surface area contributed by atoms with Crippen molar-refractivity contribution in [3.05, 3.63) is 0 Å². The Morgan fingerprint density at radius 1 is 0.833 bits per heavy atom. The molecule has 68 valence electrons. The minimum Gasteiger partial charge on any atom is -0.137 e. The lowest BCUT2D eigenvalue weighted by atomic mass is 9.81. The van der Waals surface area contributed by atoms with E-state index in [9.17, 15) is 5.73 Å². The van der Waals surface area contributed by atoms with Gasteiger partial charge in [0.25, 0.3) is 0 Å². The maximum atomic E-state index is 10.3. The Hall–Kier alpha value is -0.0400. The third-order valence-corrected chi connectivity index (χ3v) is 3.56. The highest BCUT2D eigenvalue weighted by atomic mass is 14.8. The van der Waals surface area contributed by atoms with Gasteiger partial charge in [-0.2, -0.15) is 0 Å². The maximum absolute atomic E-state index is 10.3. The highest BCUT2D eigenvalue weighted by Gasteiger charge is 2.43. The molecule has 2 fully saturated rings. The normalized spacial score (nSPS) is 30.8. The molecule has 0 aromatic heterocycles. The number of nitrogens with zero attached hydrogens (tertiary/aromatic N) is 1. The summed E-state index contributed by atoms with van der Waals surface area (Å²) in [4.78, 5) is 0. The van der Waals surface area contributed by atoms with Crippen LogP contribution in [0.3, 0.4) is 0 Å². The first-order valence-corrected chi connectivity index (χ1v) is 5.54. The maximum Gasteiger partial charge on any atom is 0.0571 e. The van der Waals surface area contributed by atoms with E-state index in [4.69, 9.17) is 0 Å². The molecular formula is C11H19N. The summed E-state index contributed by atoms with van der Waals surface area (Å²) in [6, 6.07) is 0. The van der Waals surface area contributed by atoms with Gasteiger partial charge in [-0.05, 0) is 31.6 Å². The Bertz CT molecular complexity index is 141. The molecule has 0 N–H and O–H groups in total. The Morgan fingerprint density at radius 3 is 1.83 bits per heavy atom. The Morgan fingerprint density at radius 2 is 1.33 bits per heavy atom. The first-order chi connectivity index (χ1) is 5.81. The van der Waals surface area contributed by atoms with Gasteiger partial charge in [0.2, 0.25) is 0 Å². The van der Waals surface area contributed by atoms with Crippen molar-refractivity contribution in [2.75, 3.05) is 0 Å². The molecule has 0 saturated heterocycles. The first kappa shape index (κ1) is 8.55. The van der Waals surface area contributed by atoms with E-state index in [0.717, 1.165) is 12.8 Å². The molecule has 2 saturated carbocycles. The molecule has 0 amide bonds. The summed E-state index contributed by atoms with van der Waals surface area (Å²) < 4.78 is 0. The van der Waals surface area contributed by atoms with Crippen LogP contribution in [0.25, 0.3) is 0 Å². The van der Waals surface area contributed by atoms with E-state index in [2.05, 4.69) is 0 Å². The van der Waals surface area contributed by atoms with Gasteiger partial charge < -0.3 is 0 Å². The second-order valence-corrected chi connectivity index (χ2v) is 4.65. The molecule has 2 rings (SSSR count). The molecule has 0 aromatic carbocycles. The Kier molecular flexibility index (Phi) is 2.40. The van der Waals surface area contributed by atoms with Crippen LogP contribution >= 0.6 is 0 Å². The average molecular weight is 165 g/mol. The Balaban J connectivity index is 1.91. The van der Waals surface area contributed by atoms with Crippen LogP contribution in [0.2, 0.25) is 0 Å². The van der Waals surface area contributed by atoms with Gasteiger partial charge in [0.15, 0.2) is 0 Å². The summed E-state index contributed by atoms with van der Waals surface area (Å²) in [7, 11) is 0. The van der Waals surface area contributed by atoms with E-state index in [1.807, 2.05) is 0 Å². The highest BCUT2D eigenvalue weighted by Crippen LogP contribution is 2.45. The van der Waals surface area contributed by atoms with Gasteiger partial charge in [0, 0.05) is 0 Å². The number of hydrogen-bond donors (Lipinski definition) is 0. The SMILES string of the molecule is [N]C1(C2CC2)CCCCCCC1. The van der Waals surface area contributed by atoms with Crippen LogP contribution in [-0.4, -0.2) is 5.54 Å². The molecule has 0 bridgehead atoms. The van der Waals surface area contributed by atoms with E-state index < -0.39 is 0 Å². The number of hydrogen-bond acceptors (Lipinski definition) is 0. The third kappa shape index (κ3) is 1.82. The molecule has 0 atom stereocenters. The van der Waals surface area contributed by atoms with Gasteiger partial charge in [-0.25, -0.2) is 0 Å². The second kappa shape index (κ2) is 3.37. The fourth-order valence-corrected chi connectivity index (χ4v) is 2.55. The molecule has 2 radical (unpaired) electrons. The van der Waals surface area contributed by atoms with Crippen LogP contribution in [0.4, 0.5) is 0 Å². The van der Waals surface area contributed by atoms with E-state index in [-0.39, 0.29) is 5.54 Å². The monoisotopic (exact) mass is 165 g/mol. The van der Waals surface area contributed by atoms with Crippen molar-refractivity contribution >= 4 is 0 Å². The summed E-state index contributed by atoms with van der Waals surface area (Å²) in [6.45, 7) is 0. The summed E-state index contributed by atoms with van der Waals surface area (Å²) in [5.41, 5.74) is 10.1. The molecule has 0 unspecified atom stereocenters. The first-order valence-electron chi connectivity index (χ1n) is 5.54. The standard InChI is InChI=1S/C11H19N/c12-11(10-6-7-10)8-4-2-1-3-5-9-11/h10H,1-9H2. The average Bonchev–Trinajstić information content (AvgIpc) is 2.79. The minimum absolute atomic E-state index is 0.236. The van der Waals surface area contributed by atoms with Crippen molar-refractivity contribution in [2.45, 2.75) is 63.3 Å². The second-order valence-electron chi connectivity index (χ2n) is 4.65. The Labute approximate surface area is 75.7 Å². The third-order valence-electron chi connectivity index (χ3n) is 3.56. The summed E-state index contributed by atoms with van der Waals surface area (Å²) in [5.74, 6) is 0.676. The minimum atomic E-state index is -0.236. The fourth-order valence-electron chi connectivity index (χ4n) is 2.55. The number of rotatable bonds is 1. The van der Waals surface area contributed by atoms with Gasteiger partial charge in [-0.3, -0.25) is 0 Å². The molecule has 0 aliphatic heterocycles. The lowest BCUT2D eigenvalue weighted by Crippen LogP contribution is -2.34. The zero-order chi connectivity index (χ0) is 8.44. The largest absolute Gasteiger partial charge is 0.137 e. The van der Waals surface area contributed by atoms with Gasteiger partial charge in [0.1, 0.15) is 0 Å². The van der Waals surface area contributed by atoms with E-state index in [0.29, 0.717) is 5.92 Å². The van der Waals surface area contributed by atoms with E-state index in [1.54, 1.807) is 0 Å². The lowest BCUT2D eigenvalue weighted by Gasteiger charge is -2.28. The van der Waals surface area contributed by atoms with Crippen LogP contribution in [0.1, 0.15) is 57.8 Å². The van der Waals surface area contributed by atoms with Crippen LogP contribution < -0.4 is 5.73 Å². The van der Waals surface area contributed by atoms with Gasteiger partial charge >= 0.3 is 0 Å². The molecule has 1 nitrogen and oxygen atoms in total. The molecule has 1 heteroatoms. The molecule has 2 aliphatic carbocycles. The van der Waals surface area contributed by atoms with Gasteiger partial charge in [0.05, 0.1) is 5.54 Å². The molecule has 12 heavy (non-hydrogen) atoms. The highest BCUT2D eigenvalue weighted by molar-refractivity contribution is 4.98.